The van der Waals surface area contributed by atoms with Crippen molar-refractivity contribution >= 4 is 13.7 Å². The van der Waals surface area contributed by atoms with Crippen molar-refractivity contribution in [1.29, 1.82) is 0 Å². The summed E-state index contributed by atoms with van der Waals surface area (Å²) < 4.78 is 23.7. The molecule has 0 bridgehead atoms. The van der Waals surface area contributed by atoms with Crippen LogP contribution in [0.2, 0.25) is 0 Å². The van der Waals surface area contributed by atoms with Crippen molar-refractivity contribution in [3.63, 3.8) is 0 Å². The third-order valence-electron chi connectivity index (χ3n) is 11.4. The van der Waals surface area contributed by atoms with Crippen molar-refractivity contribution in [1.82, 2.24) is 5.32 Å². The molecule has 0 aromatic carbocycles. The van der Waals surface area contributed by atoms with E-state index >= 15 is 0 Å². The number of nitrogens with one attached hydrogen (secondary N) is 1. The molecule has 0 aliphatic rings. The maximum absolute atomic E-state index is 12.9. The molecule has 0 fully saturated rings. The Morgan fingerprint density at radius 1 is 0.536 bits per heavy atom. The Kier molecular flexibility index (Phi) is 39.6. The average molecular weight is 818 g/mol. The zero-order valence-corrected chi connectivity index (χ0v) is 39.0. The molecule has 0 aromatic heterocycles. The smallest absolute Gasteiger partial charge is 0.391 e. The fourth-order valence-corrected chi connectivity index (χ4v) is 8.20. The molecular formula is C47H98N2O6P+. The van der Waals surface area contributed by atoms with Gasteiger partial charge in [-0.25, -0.2) is 4.57 Å². The average Bonchev–Trinajstić information content (AvgIpc) is 3.15. The first-order chi connectivity index (χ1) is 27.0. The van der Waals surface area contributed by atoms with E-state index in [1.807, 2.05) is 21.1 Å². The van der Waals surface area contributed by atoms with E-state index in [9.17, 15) is 19.4 Å². The van der Waals surface area contributed by atoms with Gasteiger partial charge >= 0.3 is 7.82 Å². The van der Waals surface area contributed by atoms with Gasteiger partial charge in [0, 0.05) is 6.42 Å². The number of phosphoric acid groups is 1. The molecular weight excluding hydrogens is 719 g/mol. The highest BCUT2D eigenvalue weighted by molar-refractivity contribution is 7.47. The number of hydrogen-bond acceptors (Lipinski definition) is 5. The van der Waals surface area contributed by atoms with Crippen molar-refractivity contribution in [2.75, 3.05) is 40.9 Å². The van der Waals surface area contributed by atoms with Crippen LogP contribution in [0.1, 0.15) is 245 Å². The Balaban J connectivity index is 4.27. The first-order valence-electron chi connectivity index (χ1n) is 24.4. The molecule has 0 aliphatic heterocycles. The monoisotopic (exact) mass is 818 g/mol. The molecule has 0 heterocycles. The van der Waals surface area contributed by atoms with Gasteiger partial charge in [-0.05, 0) is 12.8 Å². The summed E-state index contributed by atoms with van der Waals surface area (Å²) in [6.45, 7) is 4.92. The number of phosphoric ester groups is 1. The predicted molar refractivity (Wildman–Crippen MR) is 240 cm³/mol. The Morgan fingerprint density at radius 2 is 0.857 bits per heavy atom. The highest BCUT2D eigenvalue weighted by Crippen LogP contribution is 2.43. The molecule has 0 aromatic rings. The van der Waals surface area contributed by atoms with E-state index in [2.05, 4.69) is 19.2 Å². The van der Waals surface area contributed by atoms with Crippen LogP contribution in [0, 0.1) is 0 Å². The molecule has 3 atom stereocenters. The van der Waals surface area contributed by atoms with Crippen molar-refractivity contribution in [2.24, 2.45) is 0 Å². The summed E-state index contributed by atoms with van der Waals surface area (Å²) in [7, 11) is 1.63. The summed E-state index contributed by atoms with van der Waals surface area (Å²) in [6, 6.07) is -0.753. The summed E-state index contributed by atoms with van der Waals surface area (Å²) in [5.41, 5.74) is 0. The van der Waals surface area contributed by atoms with E-state index in [-0.39, 0.29) is 19.1 Å². The number of unbranched alkanes of at least 4 members (excludes halogenated alkanes) is 32. The van der Waals surface area contributed by atoms with Gasteiger partial charge in [0.25, 0.3) is 0 Å². The number of nitrogens with zero attached hydrogens (tertiary/aromatic N) is 1. The lowest BCUT2D eigenvalue weighted by Gasteiger charge is -2.26. The van der Waals surface area contributed by atoms with Crippen molar-refractivity contribution < 1.29 is 32.9 Å². The number of rotatable bonds is 45. The van der Waals surface area contributed by atoms with Gasteiger partial charge in [-0.3, -0.25) is 13.8 Å². The number of quaternary nitrogens is 1. The van der Waals surface area contributed by atoms with Crippen LogP contribution in [-0.4, -0.2) is 73.4 Å². The molecule has 1 amide bonds. The van der Waals surface area contributed by atoms with Gasteiger partial charge in [-0.2, -0.15) is 0 Å². The Labute approximate surface area is 349 Å². The van der Waals surface area contributed by atoms with Gasteiger partial charge in [0.1, 0.15) is 13.2 Å². The minimum Gasteiger partial charge on any atom is -0.391 e. The lowest BCUT2D eigenvalue weighted by molar-refractivity contribution is -0.870. The molecule has 0 aliphatic carbocycles. The fraction of sp³-hybridized carbons (Fsp3) is 0.979. The Morgan fingerprint density at radius 3 is 1.20 bits per heavy atom. The van der Waals surface area contributed by atoms with Crippen molar-refractivity contribution in [3.8, 4) is 0 Å². The van der Waals surface area contributed by atoms with Gasteiger partial charge < -0.3 is 19.8 Å². The van der Waals surface area contributed by atoms with Crippen LogP contribution in [-0.2, 0) is 18.4 Å². The molecule has 9 heteroatoms. The number of aliphatic hydroxyl groups excluding tert-OH is 1. The number of carbonyl (C=O) groups is 1. The zero-order chi connectivity index (χ0) is 41.4. The molecule has 0 saturated carbocycles. The maximum atomic E-state index is 12.9. The molecule has 0 radical (unpaired) electrons. The van der Waals surface area contributed by atoms with Crippen molar-refractivity contribution in [2.45, 2.75) is 257 Å². The minimum absolute atomic E-state index is 0.0788. The van der Waals surface area contributed by atoms with Crippen LogP contribution in [0.15, 0.2) is 0 Å². The van der Waals surface area contributed by atoms with E-state index < -0.39 is 20.0 Å². The molecule has 0 rings (SSSR count). The summed E-state index contributed by atoms with van der Waals surface area (Å²) in [5, 5.41) is 14.0. The minimum atomic E-state index is -4.31. The summed E-state index contributed by atoms with van der Waals surface area (Å²) >= 11 is 0. The molecule has 1 unspecified atom stereocenters. The second kappa shape index (κ2) is 39.9. The number of hydrogen-bond donors (Lipinski definition) is 3. The molecule has 0 saturated heterocycles. The van der Waals surface area contributed by atoms with E-state index in [0.29, 0.717) is 23.9 Å². The summed E-state index contributed by atoms with van der Waals surface area (Å²) in [5.74, 6) is -0.139. The summed E-state index contributed by atoms with van der Waals surface area (Å²) in [4.78, 5) is 23.2. The first-order valence-corrected chi connectivity index (χ1v) is 25.9. The Bertz CT molecular complexity index is 885. The highest BCUT2D eigenvalue weighted by atomic mass is 31.2. The van der Waals surface area contributed by atoms with Crippen LogP contribution in [0.4, 0.5) is 0 Å². The molecule has 0 spiro atoms. The molecule has 8 nitrogen and oxygen atoms in total. The van der Waals surface area contributed by atoms with Crippen LogP contribution in [0.5, 0.6) is 0 Å². The van der Waals surface area contributed by atoms with Gasteiger partial charge in [0.15, 0.2) is 0 Å². The molecule has 336 valence electrons. The standard InChI is InChI=1S/C47H97N2O6P/c1-6-8-10-12-14-16-18-20-22-24-26-28-30-32-34-36-38-40-46(50)45(44-55-56(52,53)54-43-42-49(3,4)5)48-47(51)41-39-37-35-33-31-29-27-25-23-21-19-17-15-13-11-9-7-2/h45-46,50H,6-44H2,1-5H3,(H-,48,51,52,53)/p+1/t45-,46+/m0/s1. The van der Waals surface area contributed by atoms with Gasteiger partial charge in [0.2, 0.25) is 5.91 Å². The number of aliphatic hydroxyl groups is 1. The fourth-order valence-electron chi connectivity index (χ4n) is 7.46. The van der Waals surface area contributed by atoms with Gasteiger partial charge in [0.05, 0.1) is 39.9 Å². The van der Waals surface area contributed by atoms with Gasteiger partial charge in [-0.1, -0.05) is 226 Å². The lowest BCUT2D eigenvalue weighted by Crippen LogP contribution is -2.46. The number of carbonyl (C=O) groups excluding carboxylic acids is 1. The normalized spacial score (nSPS) is 14.2. The predicted octanol–water partition coefficient (Wildman–Crippen LogP) is 13.8. The SMILES string of the molecule is CCCCCCCCCCCCCCCCCCCC(=O)N[C@@H](COP(=O)(O)OCC[N+](C)(C)C)[C@H](O)CCCCCCCCCCCCCCCCCCC. The second-order valence-corrected chi connectivity index (χ2v) is 19.7. The quantitative estimate of drug-likeness (QED) is 0.0321. The van der Waals surface area contributed by atoms with E-state index in [1.165, 1.54) is 180 Å². The first kappa shape index (κ1) is 55.5. The third-order valence-corrected chi connectivity index (χ3v) is 12.3. The lowest BCUT2D eigenvalue weighted by atomic mass is 10.0. The van der Waals surface area contributed by atoms with E-state index in [1.54, 1.807) is 0 Å². The van der Waals surface area contributed by atoms with Crippen LogP contribution < -0.4 is 5.32 Å². The maximum Gasteiger partial charge on any atom is 0.472 e. The molecule has 3 N–H and O–H groups in total. The van der Waals surface area contributed by atoms with E-state index in [0.717, 1.165) is 38.5 Å². The van der Waals surface area contributed by atoms with Crippen LogP contribution in [0.3, 0.4) is 0 Å². The number of amides is 1. The van der Waals surface area contributed by atoms with Gasteiger partial charge in [-0.15, -0.1) is 0 Å². The molecule has 56 heavy (non-hydrogen) atoms. The topological polar surface area (TPSA) is 105 Å². The largest absolute Gasteiger partial charge is 0.472 e. The van der Waals surface area contributed by atoms with Crippen LogP contribution in [0.25, 0.3) is 0 Å². The van der Waals surface area contributed by atoms with E-state index in [4.69, 9.17) is 9.05 Å². The highest BCUT2D eigenvalue weighted by Gasteiger charge is 2.28. The summed E-state index contributed by atoms with van der Waals surface area (Å²) in [6.07, 6.45) is 44.1. The number of likely N-dealkylation sites (N-methyl/N-ethyl adjacent to an activating group) is 1. The Hall–Kier alpha value is -0.500. The second-order valence-electron chi connectivity index (χ2n) is 18.2. The van der Waals surface area contributed by atoms with Crippen molar-refractivity contribution in [3.05, 3.63) is 0 Å². The third kappa shape index (κ3) is 41.7. The van der Waals surface area contributed by atoms with Crippen LogP contribution >= 0.6 is 7.82 Å². The zero-order valence-electron chi connectivity index (χ0n) is 38.2.